The fraction of sp³-hybridized carbons (Fsp3) is 0.333. The van der Waals surface area contributed by atoms with E-state index in [-0.39, 0.29) is 6.04 Å². The molecule has 0 N–H and O–H groups in total. The van der Waals surface area contributed by atoms with Crippen molar-refractivity contribution in [1.29, 1.82) is 0 Å². The lowest BCUT2D eigenvalue weighted by molar-refractivity contribution is 0.252. The molecule has 1 aliphatic heterocycles. The number of nitrogens with zero attached hydrogens (tertiary/aromatic N) is 4. The summed E-state index contributed by atoms with van der Waals surface area (Å²) in [6, 6.07) is 6.92. The molecule has 1 atom stereocenters. The average molecular weight is 348 g/mol. The summed E-state index contributed by atoms with van der Waals surface area (Å²) in [5.74, 6) is 0. The highest BCUT2D eigenvalue weighted by molar-refractivity contribution is 7.91. The van der Waals surface area contributed by atoms with Gasteiger partial charge in [-0.15, -0.1) is 11.3 Å². The molecule has 4 rings (SSSR count). The van der Waals surface area contributed by atoms with E-state index in [4.69, 9.17) is 0 Å². The fourth-order valence-corrected chi connectivity index (χ4v) is 5.82. The van der Waals surface area contributed by atoms with Gasteiger partial charge in [0.05, 0.1) is 17.9 Å². The average Bonchev–Trinajstić information content (AvgIpc) is 3.26. The van der Waals surface area contributed by atoms with Gasteiger partial charge < -0.3 is 0 Å². The lowest BCUT2D eigenvalue weighted by Gasteiger charge is -2.33. The van der Waals surface area contributed by atoms with Gasteiger partial charge in [-0.05, 0) is 30.4 Å². The summed E-state index contributed by atoms with van der Waals surface area (Å²) in [6.07, 6.45) is 6.21. The van der Waals surface area contributed by atoms with E-state index in [1.54, 1.807) is 32.5 Å². The van der Waals surface area contributed by atoms with Gasteiger partial charge in [0, 0.05) is 18.8 Å². The highest BCUT2D eigenvalue weighted by Gasteiger charge is 2.35. The van der Waals surface area contributed by atoms with E-state index in [2.05, 4.69) is 10.1 Å². The summed E-state index contributed by atoms with van der Waals surface area (Å²) in [7, 11) is -3.47. The van der Waals surface area contributed by atoms with Crippen molar-refractivity contribution in [3.63, 3.8) is 0 Å². The molecule has 6 nitrogen and oxygen atoms in total. The number of hydrogen-bond donors (Lipinski definition) is 0. The van der Waals surface area contributed by atoms with Crippen LogP contribution in [0.4, 0.5) is 0 Å². The minimum Gasteiger partial charge on any atom is -0.232 e. The standard InChI is InChI=1S/C15H16N4O2S2/c20-23(21,15-5-3-11-22-15)19-9-2-1-4-13(19)12-7-10-18-14(17-12)6-8-16-18/h3,5-8,10-11,13H,1-2,4,9H2. The van der Waals surface area contributed by atoms with Gasteiger partial charge in [0.25, 0.3) is 10.0 Å². The topological polar surface area (TPSA) is 67.6 Å². The highest BCUT2D eigenvalue weighted by atomic mass is 32.2. The van der Waals surface area contributed by atoms with Crippen LogP contribution in [0.5, 0.6) is 0 Å². The lowest BCUT2D eigenvalue weighted by Crippen LogP contribution is -2.38. The van der Waals surface area contributed by atoms with Crippen LogP contribution in [0.1, 0.15) is 31.0 Å². The van der Waals surface area contributed by atoms with Crippen LogP contribution < -0.4 is 0 Å². The van der Waals surface area contributed by atoms with Gasteiger partial charge in [-0.1, -0.05) is 12.5 Å². The van der Waals surface area contributed by atoms with E-state index < -0.39 is 10.0 Å². The maximum atomic E-state index is 12.9. The third-order valence-corrected chi connectivity index (χ3v) is 7.41. The van der Waals surface area contributed by atoms with E-state index in [1.807, 2.05) is 18.3 Å². The minimum absolute atomic E-state index is 0.212. The number of aromatic nitrogens is 3. The zero-order chi connectivity index (χ0) is 15.9. The number of rotatable bonds is 3. The Labute approximate surface area is 138 Å². The second kappa shape index (κ2) is 5.70. The zero-order valence-corrected chi connectivity index (χ0v) is 14.0. The number of piperidine rings is 1. The van der Waals surface area contributed by atoms with Gasteiger partial charge in [-0.3, -0.25) is 0 Å². The first-order chi connectivity index (χ1) is 11.2. The van der Waals surface area contributed by atoms with Gasteiger partial charge >= 0.3 is 0 Å². The Hall–Kier alpha value is -1.77. The van der Waals surface area contributed by atoms with E-state index in [1.165, 1.54) is 11.3 Å². The Balaban J connectivity index is 1.75. The maximum absolute atomic E-state index is 12.9. The first-order valence-corrected chi connectivity index (χ1v) is 9.84. The molecule has 120 valence electrons. The van der Waals surface area contributed by atoms with Crippen LogP contribution in [0.2, 0.25) is 0 Å². The van der Waals surface area contributed by atoms with Crippen molar-refractivity contribution < 1.29 is 8.42 Å². The minimum atomic E-state index is -3.47. The van der Waals surface area contributed by atoms with Gasteiger partial charge in [0.15, 0.2) is 5.65 Å². The molecule has 0 spiro atoms. The van der Waals surface area contributed by atoms with Crippen molar-refractivity contribution >= 4 is 27.0 Å². The summed E-state index contributed by atoms with van der Waals surface area (Å²) in [5.41, 5.74) is 1.53. The van der Waals surface area contributed by atoms with Crippen LogP contribution in [0.15, 0.2) is 46.2 Å². The highest BCUT2D eigenvalue weighted by Crippen LogP contribution is 2.35. The number of thiophene rings is 1. The summed E-state index contributed by atoms with van der Waals surface area (Å²) in [6.45, 7) is 0.539. The Kier molecular flexibility index (Phi) is 3.67. The Morgan fingerprint density at radius 1 is 1.22 bits per heavy atom. The summed E-state index contributed by atoms with van der Waals surface area (Å²) in [4.78, 5) is 4.60. The molecule has 3 aromatic heterocycles. The van der Waals surface area contributed by atoms with E-state index in [0.29, 0.717) is 10.8 Å². The van der Waals surface area contributed by atoms with Crippen molar-refractivity contribution in [1.82, 2.24) is 18.9 Å². The molecular weight excluding hydrogens is 332 g/mol. The molecule has 0 bridgehead atoms. The third kappa shape index (κ3) is 2.56. The number of hydrogen-bond acceptors (Lipinski definition) is 5. The molecular formula is C15H16N4O2S2. The predicted molar refractivity (Wildman–Crippen MR) is 87.8 cm³/mol. The summed E-state index contributed by atoms with van der Waals surface area (Å²) in [5, 5.41) is 5.93. The molecule has 0 radical (unpaired) electrons. The van der Waals surface area contributed by atoms with E-state index in [9.17, 15) is 8.42 Å². The first kappa shape index (κ1) is 14.8. The molecule has 1 fully saturated rings. The van der Waals surface area contributed by atoms with Crippen LogP contribution in [0.25, 0.3) is 5.65 Å². The number of sulfonamides is 1. The van der Waals surface area contributed by atoms with Crippen LogP contribution in [-0.2, 0) is 10.0 Å². The summed E-state index contributed by atoms with van der Waals surface area (Å²) < 4.78 is 29.6. The van der Waals surface area contributed by atoms with E-state index in [0.717, 1.165) is 30.6 Å². The molecule has 0 amide bonds. The van der Waals surface area contributed by atoms with Gasteiger partial charge in [0.1, 0.15) is 4.21 Å². The third-order valence-electron chi connectivity index (χ3n) is 4.13. The van der Waals surface area contributed by atoms with Crippen molar-refractivity contribution in [2.75, 3.05) is 6.54 Å². The van der Waals surface area contributed by atoms with Crippen molar-refractivity contribution in [2.45, 2.75) is 29.5 Å². The molecule has 4 heterocycles. The smallest absolute Gasteiger partial charge is 0.232 e. The Bertz CT molecular complexity index is 918. The fourth-order valence-electron chi connectivity index (χ4n) is 3.03. The van der Waals surface area contributed by atoms with Gasteiger partial charge in [-0.25, -0.2) is 17.9 Å². The van der Waals surface area contributed by atoms with Crippen LogP contribution in [0, 0.1) is 0 Å². The number of fused-ring (bicyclic) bond motifs is 1. The zero-order valence-electron chi connectivity index (χ0n) is 12.4. The molecule has 1 unspecified atom stereocenters. The van der Waals surface area contributed by atoms with E-state index >= 15 is 0 Å². The maximum Gasteiger partial charge on any atom is 0.253 e. The van der Waals surface area contributed by atoms with Crippen LogP contribution in [0.3, 0.4) is 0 Å². The van der Waals surface area contributed by atoms with Gasteiger partial charge in [-0.2, -0.15) is 9.40 Å². The summed E-state index contributed by atoms with van der Waals surface area (Å²) >= 11 is 1.26. The predicted octanol–water partition coefficient (Wildman–Crippen LogP) is 2.71. The van der Waals surface area contributed by atoms with Crippen molar-refractivity contribution in [3.8, 4) is 0 Å². The largest absolute Gasteiger partial charge is 0.253 e. The second-order valence-electron chi connectivity index (χ2n) is 5.55. The Morgan fingerprint density at radius 3 is 2.96 bits per heavy atom. The van der Waals surface area contributed by atoms with Crippen molar-refractivity contribution in [2.24, 2.45) is 0 Å². The molecule has 0 aliphatic carbocycles. The lowest BCUT2D eigenvalue weighted by atomic mass is 10.0. The van der Waals surface area contributed by atoms with Crippen LogP contribution >= 0.6 is 11.3 Å². The molecule has 3 aromatic rings. The first-order valence-electron chi connectivity index (χ1n) is 7.52. The van der Waals surface area contributed by atoms with Crippen molar-refractivity contribution in [3.05, 3.63) is 47.7 Å². The van der Waals surface area contributed by atoms with Crippen LogP contribution in [-0.4, -0.2) is 33.9 Å². The second-order valence-corrected chi connectivity index (χ2v) is 8.61. The molecule has 0 aromatic carbocycles. The molecule has 23 heavy (non-hydrogen) atoms. The molecule has 1 saturated heterocycles. The molecule has 0 saturated carbocycles. The monoisotopic (exact) mass is 348 g/mol. The molecule has 1 aliphatic rings. The normalized spacial score (nSPS) is 20.1. The van der Waals surface area contributed by atoms with Gasteiger partial charge in [0.2, 0.25) is 0 Å². The Morgan fingerprint density at radius 2 is 2.13 bits per heavy atom. The SMILES string of the molecule is O=S(=O)(c1cccs1)N1CCCCC1c1ccn2nccc2n1. The molecule has 8 heteroatoms. The quantitative estimate of drug-likeness (QED) is 0.730.